The normalized spacial score (nSPS) is 13.1. The summed E-state index contributed by atoms with van der Waals surface area (Å²) in [6, 6.07) is 15.1. The van der Waals surface area contributed by atoms with Gasteiger partial charge in [0.1, 0.15) is 11.6 Å². The number of carbonyl (C=O) groups is 1. The van der Waals surface area contributed by atoms with Gasteiger partial charge >= 0.3 is 5.97 Å². The Balaban J connectivity index is 1.67. The minimum absolute atomic E-state index is 0.0580. The number of aryl methyl sites for hydroxylation is 1. The first-order valence-corrected chi connectivity index (χ1v) is 13.8. The van der Waals surface area contributed by atoms with E-state index in [4.69, 9.17) is 14.5 Å². The summed E-state index contributed by atoms with van der Waals surface area (Å²) in [7, 11) is 0. The van der Waals surface area contributed by atoms with E-state index in [-0.39, 0.29) is 11.5 Å². The van der Waals surface area contributed by atoms with Crippen molar-refractivity contribution in [3.63, 3.8) is 0 Å². The molecule has 2 aromatic heterocycles. The van der Waals surface area contributed by atoms with Crippen LogP contribution in [0.15, 0.2) is 62.9 Å². The zero-order valence-corrected chi connectivity index (χ0v) is 24.7. The maximum Gasteiger partial charge on any atom is 0.347 e. The number of fused-ring (bicyclic) bond motifs is 1. The fourth-order valence-electron chi connectivity index (χ4n) is 4.40. The van der Waals surface area contributed by atoms with Gasteiger partial charge in [-0.3, -0.25) is 4.79 Å². The zero-order chi connectivity index (χ0) is 28.3. The summed E-state index contributed by atoms with van der Waals surface area (Å²) in [6.07, 6.45) is 1.86. The average Bonchev–Trinajstić information content (AvgIpc) is 3.20. The van der Waals surface area contributed by atoms with Gasteiger partial charge in [-0.2, -0.15) is 9.78 Å². The maximum atomic E-state index is 13.5. The number of rotatable bonds is 9. The molecule has 9 heteroatoms. The predicted molar refractivity (Wildman–Crippen MR) is 157 cm³/mol. The lowest BCUT2D eigenvalue weighted by Gasteiger charge is -2.15. The Morgan fingerprint density at radius 1 is 1.10 bits per heavy atom. The van der Waals surface area contributed by atoms with Crippen LogP contribution in [0.3, 0.4) is 0 Å². The van der Waals surface area contributed by atoms with Crippen molar-refractivity contribution in [3.8, 4) is 11.4 Å². The third kappa shape index (κ3) is 5.98. The molecule has 0 fully saturated rings. The molecule has 2 heterocycles. The van der Waals surface area contributed by atoms with Gasteiger partial charge in [0.25, 0.3) is 5.56 Å². The van der Waals surface area contributed by atoms with E-state index in [1.165, 1.54) is 4.68 Å². The summed E-state index contributed by atoms with van der Waals surface area (Å²) >= 11 is 3.45. The van der Waals surface area contributed by atoms with Crippen molar-refractivity contribution in [2.75, 3.05) is 6.61 Å². The molecule has 2 atom stereocenters. The van der Waals surface area contributed by atoms with E-state index < -0.39 is 12.1 Å². The number of carbonyl (C=O) groups excluding carboxylic acids is 1. The van der Waals surface area contributed by atoms with Gasteiger partial charge in [0.2, 0.25) is 0 Å². The quantitative estimate of drug-likeness (QED) is 0.168. The fourth-order valence-corrected chi connectivity index (χ4v) is 4.76. The third-order valence-electron chi connectivity index (χ3n) is 6.70. The first-order valence-electron chi connectivity index (χ1n) is 13.0. The van der Waals surface area contributed by atoms with Crippen LogP contribution in [-0.2, 0) is 9.53 Å². The monoisotopic (exact) mass is 592 g/mol. The Bertz CT molecular complexity index is 1590. The topological polar surface area (TPSA) is 87.7 Å². The Morgan fingerprint density at radius 2 is 1.82 bits per heavy atom. The zero-order valence-electron chi connectivity index (χ0n) is 23.1. The van der Waals surface area contributed by atoms with E-state index in [1.807, 2.05) is 63.2 Å². The number of benzene rings is 2. The summed E-state index contributed by atoms with van der Waals surface area (Å²) in [6.45, 7) is 11.9. The molecule has 8 nitrogen and oxygen atoms in total. The minimum Gasteiger partial charge on any atom is -0.479 e. The van der Waals surface area contributed by atoms with Crippen LogP contribution in [0.1, 0.15) is 62.8 Å². The average molecular weight is 594 g/mol. The SMILES string of the molecule is CCOC(=O)[C@H](C)Oc1ccc(-n2c(C)cc(C=Nn3c([C@@H](C)CC)nc4ccc(Br)cc4c3=O)c2C)cc1. The summed E-state index contributed by atoms with van der Waals surface area (Å²) in [5, 5.41) is 5.15. The molecule has 0 spiro atoms. The Morgan fingerprint density at radius 3 is 2.49 bits per heavy atom. The molecule has 0 aliphatic rings. The van der Waals surface area contributed by atoms with Crippen molar-refractivity contribution in [2.24, 2.45) is 5.10 Å². The Hall–Kier alpha value is -3.72. The third-order valence-corrected chi connectivity index (χ3v) is 7.19. The van der Waals surface area contributed by atoms with Gasteiger partial charge in [-0.1, -0.05) is 29.8 Å². The molecule has 4 aromatic rings. The van der Waals surface area contributed by atoms with Crippen molar-refractivity contribution < 1.29 is 14.3 Å². The molecule has 0 amide bonds. The van der Waals surface area contributed by atoms with Crippen molar-refractivity contribution in [3.05, 3.63) is 86.1 Å². The number of esters is 1. The molecule has 0 saturated carbocycles. The molecule has 39 heavy (non-hydrogen) atoms. The number of nitrogens with zero attached hydrogens (tertiary/aromatic N) is 4. The first kappa shape index (κ1) is 28.3. The Labute approximate surface area is 236 Å². The van der Waals surface area contributed by atoms with E-state index in [1.54, 1.807) is 26.1 Å². The van der Waals surface area contributed by atoms with Crippen LogP contribution in [0, 0.1) is 13.8 Å². The van der Waals surface area contributed by atoms with Gasteiger partial charge in [0.05, 0.1) is 23.7 Å². The largest absolute Gasteiger partial charge is 0.479 e. The standard InChI is InChI=1S/C30H33BrN4O4/c1-7-18(3)28-33-27-14-9-23(31)16-26(27)29(36)35(28)32-17-22-15-19(4)34(20(22)5)24-10-12-25(13-11-24)39-21(6)30(37)38-8-2/h9-18,21H,7-8H2,1-6H3/t18-,21-/m0/s1. The van der Waals surface area contributed by atoms with E-state index >= 15 is 0 Å². The summed E-state index contributed by atoms with van der Waals surface area (Å²) in [5.41, 5.74) is 4.27. The molecular formula is C30H33BrN4O4. The lowest BCUT2D eigenvalue weighted by atomic mass is 10.1. The summed E-state index contributed by atoms with van der Waals surface area (Å²) in [4.78, 5) is 30.1. The number of hydrogen-bond donors (Lipinski definition) is 0. The lowest BCUT2D eigenvalue weighted by molar-refractivity contribution is -0.150. The second-order valence-corrected chi connectivity index (χ2v) is 10.4. The summed E-state index contributed by atoms with van der Waals surface area (Å²) in [5.74, 6) is 0.876. The highest BCUT2D eigenvalue weighted by molar-refractivity contribution is 9.10. The highest BCUT2D eigenvalue weighted by atomic mass is 79.9. The molecule has 204 valence electrons. The van der Waals surface area contributed by atoms with E-state index in [9.17, 15) is 9.59 Å². The second-order valence-electron chi connectivity index (χ2n) is 9.47. The number of aromatic nitrogens is 3. The van der Waals surface area contributed by atoms with Crippen molar-refractivity contribution in [1.29, 1.82) is 0 Å². The highest BCUT2D eigenvalue weighted by Gasteiger charge is 2.18. The van der Waals surface area contributed by atoms with Crippen LogP contribution in [0.5, 0.6) is 5.75 Å². The second kappa shape index (κ2) is 12.0. The highest BCUT2D eigenvalue weighted by Crippen LogP contribution is 2.24. The van der Waals surface area contributed by atoms with Crippen molar-refractivity contribution >= 4 is 39.0 Å². The van der Waals surface area contributed by atoms with Gasteiger partial charge in [0.15, 0.2) is 6.10 Å². The molecule has 0 aliphatic carbocycles. The summed E-state index contributed by atoms with van der Waals surface area (Å²) < 4.78 is 15.1. The van der Waals surface area contributed by atoms with Gasteiger partial charge in [-0.15, -0.1) is 0 Å². The van der Waals surface area contributed by atoms with Crippen LogP contribution in [-0.4, -0.2) is 39.1 Å². The van der Waals surface area contributed by atoms with Gasteiger partial charge in [-0.25, -0.2) is 9.78 Å². The molecule has 4 rings (SSSR count). The molecule has 0 radical (unpaired) electrons. The van der Waals surface area contributed by atoms with Crippen molar-refractivity contribution in [2.45, 2.75) is 60.0 Å². The van der Waals surface area contributed by atoms with Crippen LogP contribution in [0.4, 0.5) is 0 Å². The first-order chi connectivity index (χ1) is 18.6. The maximum absolute atomic E-state index is 13.5. The molecule has 0 bridgehead atoms. The van der Waals surface area contributed by atoms with Crippen LogP contribution in [0.25, 0.3) is 16.6 Å². The lowest BCUT2D eigenvalue weighted by Crippen LogP contribution is -2.26. The van der Waals surface area contributed by atoms with E-state index in [0.717, 1.165) is 33.5 Å². The van der Waals surface area contributed by atoms with Gasteiger partial charge in [-0.05, 0) is 82.6 Å². The van der Waals surface area contributed by atoms with Crippen LogP contribution in [0.2, 0.25) is 0 Å². The molecular weight excluding hydrogens is 560 g/mol. The van der Waals surface area contributed by atoms with Gasteiger partial charge in [0, 0.05) is 33.0 Å². The predicted octanol–water partition coefficient (Wildman–Crippen LogP) is 6.29. The molecule has 0 N–H and O–H groups in total. The van der Waals surface area contributed by atoms with Crippen LogP contribution < -0.4 is 10.3 Å². The Kier molecular flexibility index (Phi) is 8.70. The number of hydrogen-bond acceptors (Lipinski definition) is 6. The molecule has 0 aliphatic heterocycles. The molecule has 0 saturated heterocycles. The number of ether oxygens (including phenoxy) is 2. The van der Waals surface area contributed by atoms with Crippen molar-refractivity contribution in [1.82, 2.24) is 14.2 Å². The molecule has 0 unspecified atom stereocenters. The van der Waals surface area contributed by atoms with E-state index in [2.05, 4.69) is 32.5 Å². The van der Waals surface area contributed by atoms with Crippen LogP contribution >= 0.6 is 15.9 Å². The minimum atomic E-state index is -0.692. The smallest absolute Gasteiger partial charge is 0.347 e. The van der Waals surface area contributed by atoms with E-state index in [0.29, 0.717) is 29.1 Å². The molecule has 2 aromatic carbocycles. The van der Waals surface area contributed by atoms with Gasteiger partial charge < -0.3 is 14.0 Å². The number of halogens is 1. The fraction of sp³-hybridized carbons (Fsp3) is 0.333.